The van der Waals surface area contributed by atoms with Crippen molar-refractivity contribution in [2.24, 2.45) is 0 Å². The average Bonchev–Trinajstić information content (AvgIpc) is 2.65. The molecule has 2 aromatic rings. The topological polar surface area (TPSA) is 62.3 Å². The van der Waals surface area contributed by atoms with Crippen LogP contribution in [-0.4, -0.2) is 34.8 Å². The van der Waals surface area contributed by atoms with Gasteiger partial charge in [0.2, 0.25) is 0 Å². The number of halogens is 2. The van der Waals surface area contributed by atoms with Crippen LogP contribution in [0, 0.1) is 0 Å². The van der Waals surface area contributed by atoms with Crippen LogP contribution in [-0.2, 0) is 0 Å². The number of likely N-dealkylation sites (tertiary alicyclic amines) is 1. The van der Waals surface area contributed by atoms with E-state index in [1.165, 1.54) is 12.3 Å². The first-order chi connectivity index (χ1) is 12.1. The summed E-state index contributed by atoms with van der Waals surface area (Å²) in [5.41, 5.74) is 1.01. The summed E-state index contributed by atoms with van der Waals surface area (Å²) in [5, 5.41) is 3.28. The fourth-order valence-electron chi connectivity index (χ4n) is 2.75. The number of pyridine rings is 1. The van der Waals surface area contributed by atoms with Crippen LogP contribution in [0.3, 0.4) is 0 Å². The summed E-state index contributed by atoms with van der Waals surface area (Å²) >= 11 is 12.0. The Labute approximate surface area is 155 Å². The molecule has 0 saturated carbocycles. The smallest absolute Gasteiger partial charge is 0.274 e. The number of nitrogens with zero attached hydrogens (tertiary/aromatic N) is 2. The molecule has 1 aromatic carbocycles. The second-order valence-electron chi connectivity index (χ2n) is 5.84. The Morgan fingerprint density at radius 1 is 1.08 bits per heavy atom. The van der Waals surface area contributed by atoms with Gasteiger partial charge in [0.05, 0.1) is 15.7 Å². The molecule has 0 atom stereocenters. The summed E-state index contributed by atoms with van der Waals surface area (Å²) in [6.07, 6.45) is 4.63. The van der Waals surface area contributed by atoms with Crippen LogP contribution in [0.4, 0.5) is 5.69 Å². The third-order valence-corrected chi connectivity index (χ3v) is 4.90. The molecule has 0 bridgehead atoms. The maximum Gasteiger partial charge on any atom is 0.274 e. The molecule has 0 aliphatic carbocycles. The Hall–Kier alpha value is -2.11. The summed E-state index contributed by atoms with van der Waals surface area (Å²) in [4.78, 5) is 30.9. The number of nitrogens with one attached hydrogen (secondary N) is 1. The van der Waals surface area contributed by atoms with Crippen molar-refractivity contribution in [2.75, 3.05) is 18.4 Å². The molecule has 1 aliphatic heterocycles. The van der Waals surface area contributed by atoms with E-state index in [2.05, 4.69) is 10.3 Å². The minimum atomic E-state index is -0.447. The molecular weight excluding hydrogens is 361 g/mol. The molecular formula is C18H17Cl2N3O2. The van der Waals surface area contributed by atoms with Crippen LogP contribution in [0.5, 0.6) is 0 Å². The monoisotopic (exact) mass is 377 g/mol. The van der Waals surface area contributed by atoms with Crippen LogP contribution in [0.1, 0.15) is 40.1 Å². The molecule has 7 heteroatoms. The number of hydrogen-bond acceptors (Lipinski definition) is 3. The fraction of sp³-hybridized carbons (Fsp3) is 0.278. The van der Waals surface area contributed by atoms with Gasteiger partial charge < -0.3 is 10.2 Å². The highest BCUT2D eigenvalue weighted by Gasteiger charge is 2.20. The van der Waals surface area contributed by atoms with E-state index in [1.807, 2.05) is 4.90 Å². The SMILES string of the molecule is O=C(Nc1cccc(Cl)c1Cl)c1cc(C(=O)N2CCCCC2)ccn1. The van der Waals surface area contributed by atoms with Crippen molar-refractivity contribution in [2.45, 2.75) is 19.3 Å². The van der Waals surface area contributed by atoms with Gasteiger partial charge >= 0.3 is 0 Å². The van der Waals surface area contributed by atoms with Gasteiger partial charge in [0, 0.05) is 24.8 Å². The maximum atomic E-state index is 12.6. The number of amides is 2. The normalized spacial score (nSPS) is 14.2. The van der Waals surface area contributed by atoms with Crippen LogP contribution in [0.15, 0.2) is 36.5 Å². The molecule has 0 unspecified atom stereocenters. The predicted molar refractivity (Wildman–Crippen MR) is 98.4 cm³/mol. The number of hydrogen-bond donors (Lipinski definition) is 1. The predicted octanol–water partition coefficient (Wildman–Crippen LogP) is 4.27. The van der Waals surface area contributed by atoms with Gasteiger partial charge in [-0.3, -0.25) is 14.6 Å². The van der Waals surface area contributed by atoms with Crippen molar-refractivity contribution < 1.29 is 9.59 Å². The lowest BCUT2D eigenvalue weighted by atomic mass is 10.1. The van der Waals surface area contributed by atoms with Gasteiger partial charge in [-0.1, -0.05) is 29.3 Å². The van der Waals surface area contributed by atoms with Crippen LogP contribution in [0.25, 0.3) is 0 Å². The van der Waals surface area contributed by atoms with Crippen molar-refractivity contribution in [3.05, 3.63) is 57.8 Å². The quantitative estimate of drug-likeness (QED) is 0.868. The van der Waals surface area contributed by atoms with Gasteiger partial charge in [-0.25, -0.2) is 0 Å². The van der Waals surface area contributed by atoms with Crippen molar-refractivity contribution in [3.8, 4) is 0 Å². The zero-order valence-electron chi connectivity index (χ0n) is 13.5. The molecule has 1 aromatic heterocycles. The van der Waals surface area contributed by atoms with Crippen molar-refractivity contribution in [1.29, 1.82) is 0 Å². The first kappa shape index (κ1) is 17.7. The molecule has 25 heavy (non-hydrogen) atoms. The van der Waals surface area contributed by atoms with E-state index in [0.29, 0.717) is 16.3 Å². The molecule has 130 valence electrons. The summed E-state index contributed by atoms with van der Waals surface area (Å²) < 4.78 is 0. The van der Waals surface area contributed by atoms with Gasteiger partial charge in [-0.15, -0.1) is 0 Å². The van der Waals surface area contributed by atoms with Crippen molar-refractivity contribution in [1.82, 2.24) is 9.88 Å². The number of aromatic nitrogens is 1. The van der Waals surface area contributed by atoms with Crippen LogP contribution >= 0.6 is 23.2 Å². The van der Waals surface area contributed by atoms with E-state index >= 15 is 0 Å². The number of piperidine rings is 1. The highest BCUT2D eigenvalue weighted by atomic mass is 35.5. The largest absolute Gasteiger partial charge is 0.339 e. The van der Waals surface area contributed by atoms with Gasteiger partial charge in [0.25, 0.3) is 11.8 Å². The number of carbonyl (C=O) groups is 2. The van der Waals surface area contributed by atoms with E-state index in [-0.39, 0.29) is 16.6 Å². The first-order valence-electron chi connectivity index (χ1n) is 8.07. The molecule has 5 nitrogen and oxygen atoms in total. The second kappa shape index (κ2) is 7.85. The molecule has 0 radical (unpaired) electrons. The second-order valence-corrected chi connectivity index (χ2v) is 6.62. The summed E-state index contributed by atoms with van der Waals surface area (Å²) in [6, 6.07) is 8.10. The lowest BCUT2D eigenvalue weighted by Crippen LogP contribution is -2.35. The summed E-state index contributed by atoms with van der Waals surface area (Å²) in [7, 11) is 0. The van der Waals surface area contributed by atoms with E-state index in [9.17, 15) is 9.59 Å². The molecule has 0 spiro atoms. The Bertz CT molecular complexity index is 805. The van der Waals surface area contributed by atoms with E-state index in [0.717, 1.165) is 32.4 Å². The molecule has 1 N–H and O–H groups in total. The molecule has 1 saturated heterocycles. The minimum Gasteiger partial charge on any atom is -0.339 e. The molecule has 1 fully saturated rings. The third-order valence-electron chi connectivity index (χ3n) is 4.08. The number of anilines is 1. The molecule has 2 heterocycles. The fourth-order valence-corrected chi connectivity index (χ4v) is 3.10. The Morgan fingerprint density at radius 2 is 1.84 bits per heavy atom. The number of benzene rings is 1. The van der Waals surface area contributed by atoms with Crippen LogP contribution in [0.2, 0.25) is 10.0 Å². The Morgan fingerprint density at radius 3 is 2.60 bits per heavy atom. The molecule has 2 amide bonds. The molecule has 3 rings (SSSR count). The van der Waals surface area contributed by atoms with Gasteiger partial charge in [-0.05, 0) is 43.5 Å². The standard InChI is InChI=1S/C18H17Cl2N3O2/c19-13-5-4-6-14(16(13)20)22-17(24)15-11-12(7-8-21-15)18(25)23-9-2-1-3-10-23/h4-8,11H,1-3,9-10H2,(H,22,24). The first-order valence-corrected chi connectivity index (χ1v) is 8.82. The van der Waals surface area contributed by atoms with Crippen molar-refractivity contribution >= 4 is 40.7 Å². The van der Waals surface area contributed by atoms with Gasteiger partial charge in [-0.2, -0.15) is 0 Å². The zero-order valence-corrected chi connectivity index (χ0v) is 15.0. The van der Waals surface area contributed by atoms with E-state index < -0.39 is 5.91 Å². The van der Waals surface area contributed by atoms with E-state index in [1.54, 1.807) is 24.3 Å². The molecule has 1 aliphatic rings. The van der Waals surface area contributed by atoms with Crippen LogP contribution < -0.4 is 5.32 Å². The Balaban J connectivity index is 1.77. The average molecular weight is 378 g/mol. The number of rotatable bonds is 3. The maximum absolute atomic E-state index is 12.6. The Kier molecular flexibility index (Phi) is 5.56. The zero-order chi connectivity index (χ0) is 17.8. The van der Waals surface area contributed by atoms with E-state index in [4.69, 9.17) is 23.2 Å². The van der Waals surface area contributed by atoms with Gasteiger partial charge in [0.1, 0.15) is 5.69 Å². The minimum absolute atomic E-state index is 0.0723. The summed E-state index contributed by atoms with van der Waals surface area (Å²) in [5.74, 6) is -0.519. The highest BCUT2D eigenvalue weighted by molar-refractivity contribution is 6.44. The highest BCUT2D eigenvalue weighted by Crippen LogP contribution is 2.29. The lowest BCUT2D eigenvalue weighted by Gasteiger charge is -2.26. The number of carbonyl (C=O) groups excluding carboxylic acids is 2. The lowest BCUT2D eigenvalue weighted by molar-refractivity contribution is 0.0724. The summed E-state index contributed by atoms with van der Waals surface area (Å²) in [6.45, 7) is 1.50. The van der Waals surface area contributed by atoms with Gasteiger partial charge in [0.15, 0.2) is 0 Å². The third kappa shape index (κ3) is 4.11. The van der Waals surface area contributed by atoms with Crippen molar-refractivity contribution in [3.63, 3.8) is 0 Å².